The van der Waals surface area contributed by atoms with Crippen LogP contribution in [0.3, 0.4) is 0 Å². The van der Waals surface area contributed by atoms with Crippen molar-refractivity contribution in [3.63, 3.8) is 0 Å². The molecule has 34 valence electrons. The van der Waals surface area contributed by atoms with Crippen LogP contribution in [0, 0.1) is 0 Å². The third-order valence-corrected chi connectivity index (χ3v) is 0. The van der Waals surface area contributed by atoms with E-state index >= 15 is 0 Å². The first-order valence-corrected chi connectivity index (χ1v) is 4.69. The first-order valence-electron chi connectivity index (χ1n) is 0.698. The first kappa shape index (κ1) is 10.8. The Labute approximate surface area is 81.6 Å². The fourth-order valence-corrected chi connectivity index (χ4v) is 0. The molecule has 0 aromatic heterocycles. The zero-order valence-corrected chi connectivity index (χ0v) is 4.45. The van der Waals surface area contributed by atoms with Crippen molar-refractivity contribution in [3.8, 4) is 0 Å². The van der Waals surface area contributed by atoms with E-state index in [-0.39, 0.29) is 51.4 Å². The summed E-state index contributed by atoms with van der Waals surface area (Å²) in [5.41, 5.74) is 0. The quantitative estimate of drug-likeness (QED) is 0.459. The van der Waals surface area contributed by atoms with Crippen LogP contribution in [0.5, 0.6) is 0 Å². The molecule has 0 aromatic rings. The van der Waals surface area contributed by atoms with E-state index in [1.165, 1.54) is 0 Å². The molecule has 0 aliphatic carbocycles. The molecule has 0 aromatic carbocycles. The maximum absolute atomic E-state index is 8.85. The molecule has 0 fully saturated rings. The molecule has 6 heteroatoms. The normalized spacial score (nSPS) is 9.67. The van der Waals surface area contributed by atoms with E-state index in [0.29, 0.717) is 0 Å². The van der Waals surface area contributed by atoms with E-state index in [1.54, 1.807) is 0 Å². The van der Waals surface area contributed by atoms with Crippen LogP contribution in [0.2, 0.25) is 0 Å². The zero-order chi connectivity index (χ0) is 4.50. The Kier molecular flexibility index (Phi) is 7.03. The topological polar surface area (TPSA) is 74.6 Å². The van der Waals surface area contributed by atoms with Gasteiger partial charge < -0.3 is 0 Å². The third kappa shape index (κ3) is 38.4. The van der Waals surface area contributed by atoms with E-state index in [4.69, 9.17) is 13.2 Å². The zero-order valence-electron chi connectivity index (χ0n) is 2.12. The molecular formula is H3KO4Te. The van der Waals surface area contributed by atoms with Gasteiger partial charge in [-0.25, -0.2) is 0 Å². The summed E-state index contributed by atoms with van der Waals surface area (Å²) in [4.78, 5) is 0. The van der Waals surface area contributed by atoms with Crippen LogP contribution in [-0.2, 0) is 6.21 Å². The Morgan fingerprint density at radius 1 is 1.17 bits per heavy atom. The summed E-state index contributed by atoms with van der Waals surface area (Å²) in [5.74, 6) is 0. The van der Waals surface area contributed by atoms with Gasteiger partial charge in [-0.15, -0.1) is 0 Å². The summed E-state index contributed by atoms with van der Waals surface area (Å²) in [6, 6.07) is 0. The standard InChI is InChI=1S/K.H2O4Te.H/c;1-5(2,3)4;/h;(H2,1,2,3,4);. The maximum atomic E-state index is 8.85. The average molecular weight is 234 g/mol. The molecule has 2 N–H and O–H groups in total. The van der Waals surface area contributed by atoms with Gasteiger partial charge in [0.1, 0.15) is 0 Å². The molecule has 0 spiro atoms. The second kappa shape index (κ2) is 3.89. The molecule has 4 nitrogen and oxygen atoms in total. The summed E-state index contributed by atoms with van der Waals surface area (Å²) >= 11 is -5.52. The fraction of sp³-hybridized carbons (Fsp3) is 0. The van der Waals surface area contributed by atoms with Gasteiger partial charge in [0.15, 0.2) is 0 Å². The third-order valence-electron chi connectivity index (χ3n) is 0. The van der Waals surface area contributed by atoms with E-state index in [2.05, 4.69) is 0 Å². The van der Waals surface area contributed by atoms with Crippen LogP contribution in [0.25, 0.3) is 0 Å². The van der Waals surface area contributed by atoms with Crippen molar-refractivity contribution in [2.75, 3.05) is 0 Å². The first-order chi connectivity index (χ1) is 2.00. The van der Waals surface area contributed by atoms with Crippen LogP contribution < -0.4 is 0 Å². The van der Waals surface area contributed by atoms with Crippen LogP contribution in [0.1, 0.15) is 0 Å². The number of hydrogen-bond acceptors (Lipinski definition) is 2. The van der Waals surface area contributed by atoms with Gasteiger partial charge in [0.2, 0.25) is 0 Å². The van der Waals surface area contributed by atoms with Crippen LogP contribution >= 0.6 is 0 Å². The van der Waals surface area contributed by atoms with Crippen molar-refractivity contribution in [1.29, 1.82) is 0 Å². The Bertz CT molecular complexity index is 90.7. The monoisotopic (exact) mass is 236 g/mol. The Morgan fingerprint density at radius 2 is 1.17 bits per heavy atom. The Hall–Kier alpha value is 1.95. The van der Waals surface area contributed by atoms with Crippen molar-refractivity contribution in [2.45, 2.75) is 0 Å². The van der Waals surface area contributed by atoms with Gasteiger partial charge in [0.05, 0.1) is 0 Å². The molecule has 0 aliphatic rings. The average Bonchev–Trinajstić information content (AvgIpc) is 0.722. The molecule has 0 saturated heterocycles. The molecule has 0 aliphatic heterocycles. The van der Waals surface area contributed by atoms with E-state index in [9.17, 15) is 0 Å². The molecule has 0 rings (SSSR count). The van der Waals surface area contributed by atoms with Gasteiger partial charge in [-0.2, -0.15) is 0 Å². The van der Waals surface area contributed by atoms with E-state index < -0.39 is 19.0 Å². The van der Waals surface area contributed by atoms with Crippen molar-refractivity contribution in [1.82, 2.24) is 0 Å². The van der Waals surface area contributed by atoms with Gasteiger partial charge >= 0.3 is 83.5 Å². The Balaban J connectivity index is 0. The predicted octanol–water partition coefficient (Wildman–Crippen LogP) is -2.38. The molecule has 0 heterocycles. The predicted molar refractivity (Wildman–Crippen MR) is 18.7 cm³/mol. The molecule has 0 unspecified atom stereocenters. The minimum atomic E-state index is -5.52. The van der Waals surface area contributed by atoms with E-state index in [1.807, 2.05) is 0 Å². The molecule has 6 heavy (non-hydrogen) atoms. The fourth-order valence-electron chi connectivity index (χ4n) is 0. The van der Waals surface area contributed by atoms with Crippen LogP contribution in [0.15, 0.2) is 0 Å². The molecular weight excluding hydrogens is 231 g/mol. The van der Waals surface area contributed by atoms with Crippen molar-refractivity contribution in [3.05, 3.63) is 0 Å². The van der Waals surface area contributed by atoms with E-state index in [0.717, 1.165) is 0 Å². The molecule has 0 atom stereocenters. The van der Waals surface area contributed by atoms with Crippen molar-refractivity contribution >= 4 is 70.4 Å². The van der Waals surface area contributed by atoms with Gasteiger partial charge in [-0.05, 0) is 0 Å². The summed E-state index contributed by atoms with van der Waals surface area (Å²) < 4.78 is 32.0. The summed E-state index contributed by atoms with van der Waals surface area (Å²) in [5, 5.41) is 0. The van der Waals surface area contributed by atoms with Gasteiger partial charge in [0.25, 0.3) is 0 Å². The molecule has 0 radical (unpaired) electrons. The van der Waals surface area contributed by atoms with Gasteiger partial charge in [-0.1, -0.05) is 0 Å². The SMILES string of the molecule is O=[Te](=O)(O)O.[KH]. The second-order valence-corrected chi connectivity index (χ2v) is 3.00. The van der Waals surface area contributed by atoms with Gasteiger partial charge in [0, 0.05) is 0 Å². The molecule has 0 bridgehead atoms. The van der Waals surface area contributed by atoms with Crippen LogP contribution in [-0.4, -0.2) is 77.3 Å². The van der Waals surface area contributed by atoms with Crippen molar-refractivity contribution < 1.29 is 13.2 Å². The minimum absolute atomic E-state index is 0. The summed E-state index contributed by atoms with van der Waals surface area (Å²) in [6.45, 7) is 0. The molecule has 0 saturated carbocycles. The second-order valence-electron chi connectivity index (χ2n) is 0.448. The van der Waals surface area contributed by atoms with Crippen LogP contribution in [0.4, 0.5) is 0 Å². The Morgan fingerprint density at radius 3 is 1.17 bits per heavy atom. The summed E-state index contributed by atoms with van der Waals surface area (Å²) in [7, 11) is 0. The summed E-state index contributed by atoms with van der Waals surface area (Å²) in [6.07, 6.45) is 0. The number of hydrogen-bond donors (Lipinski definition) is 2. The molecule has 0 amide bonds. The number of rotatable bonds is 0. The van der Waals surface area contributed by atoms with Crippen molar-refractivity contribution in [2.24, 2.45) is 0 Å². The van der Waals surface area contributed by atoms with Gasteiger partial charge in [-0.3, -0.25) is 0 Å².